The normalized spacial score (nSPS) is 18.3. The van der Waals surface area contributed by atoms with Crippen LogP contribution in [0.25, 0.3) is 0 Å². The van der Waals surface area contributed by atoms with Crippen LogP contribution in [0.4, 0.5) is 17.1 Å². The van der Waals surface area contributed by atoms with Gasteiger partial charge in [0.1, 0.15) is 11.5 Å². The molecule has 7 heterocycles. The molecule has 1 amide bonds. The van der Waals surface area contributed by atoms with E-state index in [0.29, 0.717) is 98.1 Å². The number of fused-ring (bicyclic) bond motifs is 8. The Bertz CT molecular complexity index is 4260. The molecule has 0 saturated carbocycles. The van der Waals surface area contributed by atoms with E-state index >= 15 is 0 Å². The molecular formula is C116H169N3O3S2. The first kappa shape index (κ1) is 101. The second-order valence-corrected chi connectivity index (χ2v) is 45.0. The first-order chi connectivity index (χ1) is 58.6. The average Bonchev–Trinajstić information content (AvgIpc) is 1.59. The molecule has 0 aromatic heterocycles. The lowest BCUT2D eigenvalue weighted by atomic mass is 9.61. The molecule has 0 atom stereocenters. The lowest BCUT2D eigenvalue weighted by molar-refractivity contribution is -0.124. The van der Waals surface area contributed by atoms with Gasteiger partial charge in [-0.3, -0.25) is 4.79 Å². The van der Waals surface area contributed by atoms with Crippen molar-refractivity contribution in [1.82, 2.24) is 0 Å². The van der Waals surface area contributed by atoms with Crippen LogP contribution in [0.15, 0.2) is 204 Å². The van der Waals surface area contributed by atoms with Gasteiger partial charge in [0.05, 0.1) is 18.6 Å². The van der Waals surface area contributed by atoms with E-state index in [4.69, 9.17) is 9.47 Å². The predicted molar refractivity (Wildman–Crippen MR) is 542 cm³/mol. The molecular weight excluding hydrogens is 1550 g/mol. The molecule has 124 heavy (non-hydrogen) atoms. The first-order valence-electron chi connectivity index (χ1n) is 48.6. The second kappa shape index (κ2) is 42.6. The quantitative estimate of drug-likeness (QED) is 0.0890. The zero-order valence-electron chi connectivity index (χ0n) is 83.5. The molecule has 8 aromatic carbocycles. The second-order valence-electron chi connectivity index (χ2n) is 42.8. The van der Waals surface area contributed by atoms with E-state index in [-0.39, 0.29) is 22.2 Å². The first-order valence-corrected chi connectivity index (χ1v) is 50.6. The molecule has 8 aliphatic rings. The fourth-order valence-electron chi connectivity index (χ4n) is 25.2. The van der Waals surface area contributed by atoms with Crippen molar-refractivity contribution in [3.05, 3.63) is 244 Å². The molecule has 8 heteroatoms. The third-order valence-electron chi connectivity index (χ3n) is 33.0. The average molecular weight is 1720 g/mol. The van der Waals surface area contributed by atoms with Gasteiger partial charge in [0.25, 0.3) is 0 Å². The van der Waals surface area contributed by atoms with Crippen LogP contribution in [0.2, 0.25) is 0 Å². The van der Waals surface area contributed by atoms with Crippen LogP contribution in [-0.2, 0) is 55.5 Å². The fourth-order valence-corrected chi connectivity index (χ4v) is 28.2. The van der Waals surface area contributed by atoms with Crippen molar-refractivity contribution in [2.24, 2.45) is 100 Å². The summed E-state index contributed by atoms with van der Waals surface area (Å²) in [6.07, 6.45) is 6.26. The SMILES string of the molecule is CC(C)C1(C(C)C)C(=O)Nc2ccccc21.CC(C)C1(C(C)C)CCNc2ccccc21.CC(C)C1(C(C)C)CCOc2ccccc21.CC(C)C1(C(C)C)CCSc2ccccc21.CC(C)C1(C(C)C)CNc2ccccc21.CC(C)C1(C(C)C)COc2ccccc21.CC(C)C1(C(C)C)CSc2ccccc21.CC(C)C1(C(C)C)Cc2ccccc2C1. The third-order valence-corrected chi connectivity index (χ3v) is 35.3. The summed E-state index contributed by atoms with van der Waals surface area (Å²) in [5.41, 5.74) is 19.1. The maximum atomic E-state index is 12.3. The molecule has 678 valence electrons. The summed E-state index contributed by atoms with van der Waals surface area (Å²) in [6.45, 7) is 78.2. The van der Waals surface area contributed by atoms with E-state index in [0.717, 1.165) is 79.1 Å². The van der Waals surface area contributed by atoms with Gasteiger partial charge in [-0.2, -0.15) is 0 Å². The van der Waals surface area contributed by atoms with Crippen molar-refractivity contribution < 1.29 is 14.3 Å². The number of benzene rings is 8. The van der Waals surface area contributed by atoms with E-state index in [1.807, 2.05) is 41.7 Å². The van der Waals surface area contributed by atoms with Crippen molar-refractivity contribution in [3.8, 4) is 11.5 Å². The van der Waals surface area contributed by atoms with Gasteiger partial charge < -0.3 is 25.4 Å². The van der Waals surface area contributed by atoms with E-state index in [9.17, 15) is 4.79 Å². The number of nitrogens with one attached hydrogen (secondary N) is 3. The number of carbonyl (C=O) groups excluding carboxylic acids is 1. The van der Waals surface area contributed by atoms with Crippen LogP contribution in [-0.4, -0.2) is 43.7 Å². The summed E-state index contributed by atoms with van der Waals surface area (Å²) in [5.74, 6) is 15.1. The monoisotopic (exact) mass is 1720 g/mol. The highest BCUT2D eigenvalue weighted by Crippen LogP contribution is 2.57. The lowest BCUT2D eigenvalue weighted by Gasteiger charge is -2.46. The molecule has 0 unspecified atom stereocenters. The molecule has 0 spiro atoms. The molecule has 0 radical (unpaired) electrons. The van der Waals surface area contributed by atoms with Gasteiger partial charge in [-0.25, -0.2) is 0 Å². The van der Waals surface area contributed by atoms with E-state index in [2.05, 4.69) is 413 Å². The van der Waals surface area contributed by atoms with Gasteiger partial charge in [-0.1, -0.05) is 373 Å². The Morgan fingerprint density at radius 1 is 0.290 bits per heavy atom. The number of rotatable bonds is 16. The van der Waals surface area contributed by atoms with Crippen molar-refractivity contribution in [2.75, 3.05) is 53.8 Å². The Kier molecular flexibility index (Phi) is 34.6. The van der Waals surface area contributed by atoms with Crippen LogP contribution in [0.5, 0.6) is 11.5 Å². The zero-order valence-corrected chi connectivity index (χ0v) is 85.2. The van der Waals surface area contributed by atoms with Gasteiger partial charge in [-0.05, 0) is 219 Å². The summed E-state index contributed by atoms with van der Waals surface area (Å²) < 4.78 is 11.6. The van der Waals surface area contributed by atoms with Gasteiger partial charge in [-0.15, -0.1) is 23.5 Å². The molecule has 16 rings (SSSR count). The summed E-state index contributed by atoms with van der Waals surface area (Å²) in [7, 11) is 0. The Morgan fingerprint density at radius 3 is 1.07 bits per heavy atom. The van der Waals surface area contributed by atoms with Crippen molar-refractivity contribution in [1.29, 1.82) is 0 Å². The smallest absolute Gasteiger partial charge is 0.235 e. The molecule has 3 N–H and O–H groups in total. The predicted octanol–water partition coefficient (Wildman–Crippen LogP) is 31.7. The number of ether oxygens (including phenoxy) is 2. The fraction of sp³-hybridized carbons (Fsp3) is 0.578. The van der Waals surface area contributed by atoms with Crippen molar-refractivity contribution in [2.45, 2.75) is 301 Å². The highest BCUT2D eigenvalue weighted by Gasteiger charge is 2.53. The van der Waals surface area contributed by atoms with Gasteiger partial charge in [0.2, 0.25) is 5.91 Å². The zero-order chi connectivity index (χ0) is 91.4. The number of hydrogen-bond donors (Lipinski definition) is 3. The van der Waals surface area contributed by atoms with Crippen LogP contribution in [0, 0.1) is 100 Å². The molecule has 0 bridgehead atoms. The highest BCUT2D eigenvalue weighted by atomic mass is 32.2. The summed E-state index contributed by atoms with van der Waals surface area (Å²) in [5, 5.41) is 10.1. The number of hydrogen-bond acceptors (Lipinski definition) is 7. The van der Waals surface area contributed by atoms with Gasteiger partial charge in [0.15, 0.2) is 0 Å². The van der Waals surface area contributed by atoms with E-state index < -0.39 is 0 Å². The third kappa shape index (κ3) is 19.4. The van der Waals surface area contributed by atoms with Crippen LogP contribution < -0.4 is 25.4 Å². The maximum absolute atomic E-state index is 12.3. The van der Waals surface area contributed by atoms with Gasteiger partial charge in [0, 0.05) is 89.3 Å². The summed E-state index contributed by atoms with van der Waals surface area (Å²) >= 11 is 4.06. The Hall–Kier alpha value is -6.87. The minimum Gasteiger partial charge on any atom is -0.493 e. The number of para-hydroxylation sites is 5. The molecule has 1 aliphatic carbocycles. The number of thioether (sulfide) groups is 2. The van der Waals surface area contributed by atoms with Crippen molar-refractivity contribution in [3.63, 3.8) is 0 Å². The Balaban J connectivity index is 0.000000161. The Morgan fingerprint density at radius 2 is 0.629 bits per heavy atom. The molecule has 6 nitrogen and oxygen atoms in total. The topological polar surface area (TPSA) is 71.6 Å². The minimum absolute atomic E-state index is 0.152. The van der Waals surface area contributed by atoms with Crippen LogP contribution >= 0.6 is 23.5 Å². The number of amides is 1. The number of anilines is 3. The largest absolute Gasteiger partial charge is 0.493 e. The van der Waals surface area contributed by atoms with E-state index in [1.54, 1.807) is 22.3 Å². The molecule has 0 saturated heterocycles. The van der Waals surface area contributed by atoms with Crippen LogP contribution in [0.3, 0.4) is 0 Å². The van der Waals surface area contributed by atoms with E-state index in [1.165, 1.54) is 80.6 Å². The standard InChI is InChI=1S/C15H23N.C15H22O.C15H22S.C15H22.C14H19NO.C14H21N.C14H20O.C14H20S/c3*1-11(2)15(12(3)4)9-10-16-14-8-6-5-7-13(14)15;1-11(2)15(12(3)4)9-13-7-5-6-8-14(13)10-15;1-9(2)14(10(3)4)11-7-5-6-8-12(11)15-13(14)16;3*1-10(2)14(11(3)4)9-15-13-8-6-5-7-12(13)14/h5-8,11-12,16H,9-10H2,1-4H3;2*5-8,11-12H,9-10H2,1-4H3;5-8,11-12H,9-10H2,1-4H3;5-10H,1-4H3,(H,15,16);5-8,10-11,15H,9H2,1-4H3;2*5-8,10-11H,9H2,1-4H3. The summed E-state index contributed by atoms with van der Waals surface area (Å²) in [4.78, 5) is 15.3. The molecule has 7 aliphatic heterocycles. The Labute approximate surface area is 766 Å². The molecule has 8 aromatic rings. The maximum Gasteiger partial charge on any atom is 0.235 e. The minimum atomic E-state index is -0.364. The lowest BCUT2D eigenvalue weighted by Crippen LogP contribution is -2.44. The molecule has 0 fully saturated rings. The number of carbonyl (C=O) groups is 1. The van der Waals surface area contributed by atoms with Crippen molar-refractivity contribution >= 4 is 46.5 Å². The van der Waals surface area contributed by atoms with Gasteiger partial charge >= 0.3 is 0 Å². The summed E-state index contributed by atoms with van der Waals surface area (Å²) in [6, 6.07) is 69.6. The van der Waals surface area contributed by atoms with Crippen LogP contribution in [0.1, 0.15) is 291 Å². The highest BCUT2D eigenvalue weighted by molar-refractivity contribution is 7.99.